The van der Waals surface area contributed by atoms with E-state index in [1.807, 2.05) is 66.7 Å². The molecule has 0 atom stereocenters. The molecular formula is C48H30O. The van der Waals surface area contributed by atoms with Crippen LogP contribution in [-0.4, -0.2) is 0 Å². The molecule has 0 aliphatic carbocycles. The summed E-state index contributed by atoms with van der Waals surface area (Å²) in [7, 11) is 0. The summed E-state index contributed by atoms with van der Waals surface area (Å²) in [4.78, 5) is 0. The van der Waals surface area contributed by atoms with E-state index < -0.39 is 84.1 Å². The number of hydrogen-bond donors (Lipinski definition) is 0. The minimum Gasteiger partial charge on any atom is -0.456 e. The predicted octanol–water partition coefficient (Wildman–Crippen LogP) is 13.7. The Morgan fingerprint density at radius 3 is 1.65 bits per heavy atom. The predicted molar refractivity (Wildman–Crippen MR) is 208 cm³/mol. The molecule has 228 valence electrons. The molecule has 0 amide bonds. The number of benzene rings is 9. The lowest BCUT2D eigenvalue weighted by Gasteiger charge is -2.18. The number of hydrogen-bond acceptors (Lipinski definition) is 1. The van der Waals surface area contributed by atoms with Gasteiger partial charge < -0.3 is 4.42 Å². The summed E-state index contributed by atoms with van der Waals surface area (Å²) in [6, 6.07) is 25.2. The van der Waals surface area contributed by atoms with Gasteiger partial charge in [-0.15, -0.1) is 0 Å². The van der Waals surface area contributed by atoms with Crippen molar-refractivity contribution in [2.75, 3.05) is 0 Å². The average Bonchev–Trinajstić information content (AvgIpc) is 3.67. The van der Waals surface area contributed by atoms with Crippen molar-refractivity contribution >= 4 is 54.3 Å². The molecule has 0 fully saturated rings. The smallest absolute Gasteiger partial charge is 0.136 e. The molecule has 0 unspecified atom stereocenters. The molecular weight excluding hydrogens is 593 g/mol. The molecule has 0 saturated heterocycles. The molecule has 0 N–H and O–H groups in total. The lowest BCUT2D eigenvalue weighted by atomic mass is 9.85. The first kappa shape index (κ1) is 17.6. The highest BCUT2D eigenvalue weighted by Crippen LogP contribution is 2.44. The second-order valence-electron chi connectivity index (χ2n) is 11.9. The van der Waals surface area contributed by atoms with Crippen LogP contribution >= 0.6 is 0 Å². The Kier molecular flexibility index (Phi) is 3.99. The zero-order chi connectivity index (χ0) is 43.6. The molecule has 1 nitrogen and oxygen atoms in total. The van der Waals surface area contributed by atoms with Gasteiger partial charge in [0.05, 0.1) is 17.8 Å². The van der Waals surface area contributed by atoms with Crippen LogP contribution in [0.3, 0.4) is 0 Å². The van der Waals surface area contributed by atoms with Crippen molar-refractivity contribution in [3.8, 4) is 44.5 Å². The molecule has 9 aromatic carbocycles. The SMILES string of the molecule is [2H]c1c([2H])c([2H])c(-c2c3c([2H])c([2H])c([2H])c([2H])c3c(-c3ccc4cc(-c5cccc6oc7cc(-c8ccccc8)ccc7c56)ccc4c3)c3c([2H])c([2H])c([2H])c([2H])c23)c([2H])c1[2H]. The van der Waals surface area contributed by atoms with Crippen molar-refractivity contribution in [3.05, 3.63) is 182 Å². The first-order valence-electron chi connectivity index (χ1n) is 22.3. The summed E-state index contributed by atoms with van der Waals surface area (Å²) in [5.74, 6) is 0. The maximum absolute atomic E-state index is 9.26. The summed E-state index contributed by atoms with van der Waals surface area (Å²) in [5, 5.41) is 2.73. The minimum atomic E-state index is -0.712. The summed E-state index contributed by atoms with van der Waals surface area (Å²) in [6.45, 7) is 0. The third kappa shape index (κ3) is 4.47. The summed E-state index contributed by atoms with van der Waals surface area (Å²) in [6.07, 6.45) is 0. The standard InChI is InChI=1S/C48H30O/c1-3-12-31(13-4-1)35-26-27-43-45(30-35)49-44-21-11-20-38(48(43)44)36-24-22-34-29-37(25-23-33(34)28-36)47-41-18-9-7-16-39(41)46(32-14-5-2-6-15-32)40-17-8-10-19-42(40)47/h1-30H/i2D,5D,6D,7D,8D,9D,10D,14D,15D,16D,17D,18D,19D. The summed E-state index contributed by atoms with van der Waals surface area (Å²) < 4.78 is 121. The largest absolute Gasteiger partial charge is 0.456 e. The van der Waals surface area contributed by atoms with E-state index in [1.165, 1.54) is 0 Å². The van der Waals surface area contributed by atoms with Gasteiger partial charge >= 0.3 is 0 Å². The number of furan rings is 1. The molecule has 1 heterocycles. The highest BCUT2D eigenvalue weighted by Gasteiger charge is 2.17. The monoisotopic (exact) mass is 635 g/mol. The Bertz CT molecular complexity index is 3510. The van der Waals surface area contributed by atoms with Crippen LogP contribution < -0.4 is 0 Å². The molecule has 0 aliphatic rings. The fourth-order valence-electron chi connectivity index (χ4n) is 6.98. The Morgan fingerprint density at radius 1 is 0.367 bits per heavy atom. The van der Waals surface area contributed by atoms with E-state index in [4.69, 9.17) is 16.8 Å². The van der Waals surface area contributed by atoms with Crippen molar-refractivity contribution in [1.82, 2.24) is 0 Å². The van der Waals surface area contributed by atoms with Gasteiger partial charge in [0.15, 0.2) is 0 Å². The van der Waals surface area contributed by atoms with E-state index in [0.29, 0.717) is 5.56 Å². The lowest BCUT2D eigenvalue weighted by molar-refractivity contribution is 0.669. The quantitative estimate of drug-likeness (QED) is 0.175. The molecule has 10 aromatic rings. The van der Waals surface area contributed by atoms with Crippen LogP contribution in [0.25, 0.3) is 98.8 Å². The fraction of sp³-hybridized carbons (Fsp3) is 0. The molecule has 0 radical (unpaired) electrons. The zero-order valence-corrected chi connectivity index (χ0v) is 25.7. The Labute approximate surface area is 302 Å². The number of rotatable bonds is 4. The fourth-order valence-corrected chi connectivity index (χ4v) is 6.98. The van der Waals surface area contributed by atoms with Gasteiger partial charge in [0.1, 0.15) is 11.2 Å². The van der Waals surface area contributed by atoms with Crippen molar-refractivity contribution < 1.29 is 22.2 Å². The molecule has 49 heavy (non-hydrogen) atoms. The van der Waals surface area contributed by atoms with Gasteiger partial charge in [-0.3, -0.25) is 0 Å². The van der Waals surface area contributed by atoms with Gasteiger partial charge in [-0.05, 0) is 107 Å². The molecule has 0 aliphatic heterocycles. The van der Waals surface area contributed by atoms with Gasteiger partial charge in [0.25, 0.3) is 0 Å². The van der Waals surface area contributed by atoms with Gasteiger partial charge in [0.2, 0.25) is 0 Å². The van der Waals surface area contributed by atoms with E-state index in [1.54, 1.807) is 12.1 Å². The Morgan fingerprint density at radius 2 is 0.959 bits per heavy atom. The van der Waals surface area contributed by atoms with Crippen LogP contribution in [0.15, 0.2) is 186 Å². The van der Waals surface area contributed by atoms with Gasteiger partial charge in [-0.25, -0.2) is 0 Å². The van der Waals surface area contributed by atoms with E-state index in [2.05, 4.69) is 24.3 Å². The van der Waals surface area contributed by atoms with Crippen LogP contribution in [0.5, 0.6) is 0 Å². The lowest BCUT2D eigenvalue weighted by Crippen LogP contribution is -1.90. The third-order valence-corrected chi connectivity index (χ3v) is 9.17. The highest BCUT2D eigenvalue weighted by atomic mass is 16.3. The first-order valence-corrected chi connectivity index (χ1v) is 15.8. The average molecular weight is 636 g/mol. The maximum Gasteiger partial charge on any atom is 0.136 e. The summed E-state index contributed by atoms with van der Waals surface area (Å²) in [5.41, 5.74) is 5.17. The van der Waals surface area contributed by atoms with E-state index >= 15 is 0 Å². The van der Waals surface area contributed by atoms with Crippen LogP contribution in [0, 0.1) is 0 Å². The van der Waals surface area contributed by atoms with Crippen molar-refractivity contribution in [3.63, 3.8) is 0 Å². The van der Waals surface area contributed by atoms with E-state index in [0.717, 1.165) is 55.0 Å². The van der Waals surface area contributed by atoms with Crippen LogP contribution in [0.4, 0.5) is 0 Å². The van der Waals surface area contributed by atoms with Gasteiger partial charge in [0, 0.05) is 10.8 Å². The molecule has 0 spiro atoms. The Balaban J connectivity index is 1.24. The first-order chi connectivity index (χ1) is 29.7. The molecule has 10 rings (SSSR count). The topological polar surface area (TPSA) is 13.1 Å². The number of fused-ring (bicyclic) bond motifs is 6. The second kappa shape index (κ2) is 11.1. The normalized spacial score (nSPS) is 15.4. The molecule has 1 aromatic heterocycles. The van der Waals surface area contributed by atoms with E-state index in [9.17, 15) is 5.48 Å². The van der Waals surface area contributed by atoms with Gasteiger partial charge in [-0.1, -0.05) is 151 Å². The van der Waals surface area contributed by atoms with Crippen molar-refractivity contribution in [2.45, 2.75) is 0 Å². The third-order valence-electron chi connectivity index (χ3n) is 9.17. The van der Waals surface area contributed by atoms with Gasteiger partial charge in [-0.2, -0.15) is 0 Å². The highest BCUT2D eigenvalue weighted by molar-refractivity contribution is 6.22. The maximum atomic E-state index is 9.26. The second-order valence-corrected chi connectivity index (χ2v) is 11.9. The Hall–Kier alpha value is -6.44. The van der Waals surface area contributed by atoms with Crippen LogP contribution in [0.2, 0.25) is 0 Å². The molecule has 0 bridgehead atoms. The van der Waals surface area contributed by atoms with Crippen LogP contribution in [0.1, 0.15) is 17.8 Å². The van der Waals surface area contributed by atoms with E-state index in [-0.39, 0.29) is 32.7 Å². The minimum absolute atomic E-state index is 0.0839. The zero-order valence-electron chi connectivity index (χ0n) is 38.7. The summed E-state index contributed by atoms with van der Waals surface area (Å²) >= 11 is 0. The van der Waals surface area contributed by atoms with Crippen molar-refractivity contribution in [1.29, 1.82) is 0 Å². The molecule has 1 heteroatoms. The molecule has 0 saturated carbocycles. The van der Waals surface area contributed by atoms with Crippen LogP contribution in [-0.2, 0) is 0 Å². The van der Waals surface area contributed by atoms with Crippen molar-refractivity contribution in [2.24, 2.45) is 0 Å².